The van der Waals surface area contributed by atoms with Crippen LogP contribution in [0.25, 0.3) is 11.1 Å². The Kier molecular flexibility index (Phi) is 6.25. The van der Waals surface area contributed by atoms with Crippen molar-refractivity contribution in [2.24, 2.45) is 0 Å². The van der Waals surface area contributed by atoms with Crippen LogP contribution in [0.2, 0.25) is 0 Å². The lowest BCUT2D eigenvalue weighted by Gasteiger charge is -2.37. The summed E-state index contributed by atoms with van der Waals surface area (Å²) in [5.74, 6) is 1.08. The number of nitriles is 1. The first-order valence-corrected chi connectivity index (χ1v) is 12.2. The Balaban J connectivity index is 1.25. The highest BCUT2D eigenvalue weighted by Gasteiger charge is 2.34. The summed E-state index contributed by atoms with van der Waals surface area (Å²) in [5.41, 5.74) is 2.64. The Morgan fingerprint density at radius 1 is 1.00 bits per heavy atom. The van der Waals surface area contributed by atoms with E-state index < -0.39 is 9.84 Å². The predicted octanol–water partition coefficient (Wildman–Crippen LogP) is 1.94. The average molecular weight is 440 g/mol. The molecular weight excluding hydrogens is 414 g/mol. The average Bonchev–Trinajstić information content (AvgIpc) is 3.17. The summed E-state index contributed by atoms with van der Waals surface area (Å²) in [6, 6.07) is 17.1. The van der Waals surface area contributed by atoms with Crippen molar-refractivity contribution in [1.82, 2.24) is 9.80 Å². The van der Waals surface area contributed by atoms with Gasteiger partial charge in [-0.1, -0.05) is 24.3 Å². The van der Waals surface area contributed by atoms with Crippen molar-refractivity contribution in [3.05, 3.63) is 54.1 Å². The molecule has 2 aliphatic rings. The van der Waals surface area contributed by atoms with Gasteiger partial charge in [-0.25, -0.2) is 8.42 Å². The van der Waals surface area contributed by atoms with E-state index in [4.69, 9.17) is 10.00 Å². The first-order chi connectivity index (χ1) is 14.9. The second-order valence-electron chi connectivity index (χ2n) is 7.98. The van der Waals surface area contributed by atoms with E-state index in [0.717, 1.165) is 11.1 Å². The Morgan fingerprint density at radius 2 is 1.61 bits per heavy atom. The topological polar surface area (TPSA) is 90.7 Å². The molecule has 1 unspecified atom stereocenters. The van der Waals surface area contributed by atoms with E-state index in [1.54, 1.807) is 17.0 Å². The summed E-state index contributed by atoms with van der Waals surface area (Å²) in [6.07, 6.45) is 0.692. The Labute approximate surface area is 182 Å². The molecule has 2 saturated heterocycles. The molecule has 0 spiro atoms. The SMILES string of the molecule is N#Cc1ccc(-c2ccc(OCC(=O)N3CCN(C4CCS(=O)(=O)C4)CC3)cc2)cc1. The van der Waals surface area contributed by atoms with Gasteiger partial charge in [0, 0.05) is 32.2 Å². The zero-order valence-electron chi connectivity index (χ0n) is 17.2. The lowest BCUT2D eigenvalue weighted by Crippen LogP contribution is -2.53. The summed E-state index contributed by atoms with van der Waals surface area (Å²) in [4.78, 5) is 16.5. The van der Waals surface area contributed by atoms with Crippen molar-refractivity contribution >= 4 is 15.7 Å². The number of ether oxygens (including phenoxy) is 1. The van der Waals surface area contributed by atoms with Crippen LogP contribution in [0.4, 0.5) is 0 Å². The standard InChI is InChI=1S/C23H25N3O4S/c24-15-18-1-3-19(4-2-18)20-5-7-22(8-6-20)30-16-23(27)26-12-10-25(11-13-26)21-9-14-31(28,29)17-21/h1-8,21H,9-14,16-17H2. The molecule has 0 bridgehead atoms. The number of carbonyl (C=O) groups excluding carboxylic acids is 1. The highest BCUT2D eigenvalue weighted by Crippen LogP contribution is 2.23. The molecule has 0 saturated carbocycles. The van der Waals surface area contributed by atoms with Gasteiger partial charge < -0.3 is 9.64 Å². The van der Waals surface area contributed by atoms with Gasteiger partial charge in [0.05, 0.1) is 23.1 Å². The highest BCUT2D eigenvalue weighted by atomic mass is 32.2. The molecule has 31 heavy (non-hydrogen) atoms. The molecule has 7 nitrogen and oxygen atoms in total. The number of rotatable bonds is 5. The molecule has 1 amide bonds. The summed E-state index contributed by atoms with van der Waals surface area (Å²) in [6.45, 7) is 2.57. The molecule has 0 aromatic heterocycles. The summed E-state index contributed by atoms with van der Waals surface area (Å²) in [7, 11) is -2.89. The Bertz CT molecular complexity index is 1070. The van der Waals surface area contributed by atoms with Crippen molar-refractivity contribution < 1.29 is 17.9 Å². The summed E-state index contributed by atoms with van der Waals surface area (Å²) >= 11 is 0. The third kappa shape index (κ3) is 5.24. The molecular formula is C23H25N3O4S. The Hall–Kier alpha value is -2.89. The molecule has 2 fully saturated rings. The minimum absolute atomic E-state index is 0.0198. The minimum Gasteiger partial charge on any atom is -0.484 e. The third-order valence-electron chi connectivity index (χ3n) is 5.96. The first-order valence-electron chi connectivity index (χ1n) is 10.4. The molecule has 2 heterocycles. The number of hydrogen-bond donors (Lipinski definition) is 0. The van der Waals surface area contributed by atoms with Gasteiger partial charge in [0.15, 0.2) is 16.4 Å². The number of sulfone groups is 1. The van der Waals surface area contributed by atoms with Gasteiger partial charge in [-0.3, -0.25) is 9.69 Å². The predicted molar refractivity (Wildman–Crippen MR) is 117 cm³/mol. The van der Waals surface area contributed by atoms with E-state index >= 15 is 0 Å². The van der Waals surface area contributed by atoms with Crippen LogP contribution in [0.1, 0.15) is 12.0 Å². The molecule has 162 valence electrons. The van der Waals surface area contributed by atoms with Crippen LogP contribution in [0.3, 0.4) is 0 Å². The fourth-order valence-electron chi connectivity index (χ4n) is 4.12. The van der Waals surface area contributed by atoms with E-state index in [0.29, 0.717) is 43.9 Å². The number of benzene rings is 2. The first kappa shape index (κ1) is 21.3. The number of piperazine rings is 1. The van der Waals surface area contributed by atoms with Crippen LogP contribution in [0, 0.1) is 11.3 Å². The summed E-state index contributed by atoms with van der Waals surface area (Å²) < 4.78 is 29.0. The quantitative estimate of drug-likeness (QED) is 0.707. The lowest BCUT2D eigenvalue weighted by atomic mass is 10.0. The smallest absolute Gasteiger partial charge is 0.260 e. The van der Waals surface area contributed by atoms with Crippen molar-refractivity contribution in [3.8, 4) is 22.9 Å². The van der Waals surface area contributed by atoms with Gasteiger partial charge in [-0.2, -0.15) is 5.26 Å². The van der Waals surface area contributed by atoms with E-state index in [1.807, 2.05) is 36.4 Å². The van der Waals surface area contributed by atoms with E-state index in [9.17, 15) is 13.2 Å². The van der Waals surface area contributed by atoms with Gasteiger partial charge in [-0.05, 0) is 41.8 Å². The maximum atomic E-state index is 12.5. The number of amides is 1. The monoisotopic (exact) mass is 439 g/mol. The van der Waals surface area contributed by atoms with E-state index in [-0.39, 0.29) is 30.1 Å². The number of carbonyl (C=O) groups is 1. The maximum absolute atomic E-state index is 12.5. The van der Waals surface area contributed by atoms with Crippen LogP contribution in [0.15, 0.2) is 48.5 Å². The van der Waals surface area contributed by atoms with Crippen LogP contribution in [-0.2, 0) is 14.6 Å². The van der Waals surface area contributed by atoms with Crippen molar-refractivity contribution in [2.75, 3.05) is 44.3 Å². The summed E-state index contributed by atoms with van der Waals surface area (Å²) in [5, 5.41) is 8.89. The van der Waals surface area contributed by atoms with Gasteiger partial charge in [0.25, 0.3) is 5.91 Å². The van der Waals surface area contributed by atoms with Gasteiger partial charge >= 0.3 is 0 Å². The van der Waals surface area contributed by atoms with Crippen LogP contribution < -0.4 is 4.74 Å². The van der Waals surface area contributed by atoms with Gasteiger partial charge in [0.2, 0.25) is 0 Å². The van der Waals surface area contributed by atoms with Crippen LogP contribution in [-0.4, -0.2) is 74.5 Å². The second-order valence-corrected chi connectivity index (χ2v) is 10.2. The Morgan fingerprint density at radius 3 is 2.16 bits per heavy atom. The zero-order valence-corrected chi connectivity index (χ0v) is 18.1. The number of nitrogens with zero attached hydrogens (tertiary/aromatic N) is 3. The van der Waals surface area contributed by atoms with Crippen LogP contribution in [0.5, 0.6) is 5.75 Å². The fraction of sp³-hybridized carbons (Fsp3) is 0.391. The molecule has 2 aliphatic heterocycles. The third-order valence-corrected chi connectivity index (χ3v) is 7.71. The molecule has 0 N–H and O–H groups in total. The van der Waals surface area contributed by atoms with Crippen molar-refractivity contribution in [1.29, 1.82) is 5.26 Å². The molecule has 4 rings (SSSR count). The largest absolute Gasteiger partial charge is 0.484 e. The molecule has 8 heteroatoms. The van der Waals surface area contributed by atoms with Gasteiger partial charge in [-0.15, -0.1) is 0 Å². The van der Waals surface area contributed by atoms with E-state index in [2.05, 4.69) is 11.0 Å². The molecule has 1 atom stereocenters. The number of hydrogen-bond acceptors (Lipinski definition) is 6. The van der Waals surface area contributed by atoms with Crippen LogP contribution >= 0.6 is 0 Å². The highest BCUT2D eigenvalue weighted by molar-refractivity contribution is 7.91. The molecule has 0 aliphatic carbocycles. The van der Waals surface area contributed by atoms with Crippen molar-refractivity contribution in [2.45, 2.75) is 12.5 Å². The second kappa shape index (κ2) is 9.08. The molecule has 2 aromatic rings. The minimum atomic E-state index is -2.89. The maximum Gasteiger partial charge on any atom is 0.260 e. The van der Waals surface area contributed by atoms with Gasteiger partial charge in [0.1, 0.15) is 5.75 Å². The normalized spacial score (nSPS) is 20.9. The van der Waals surface area contributed by atoms with E-state index in [1.165, 1.54) is 0 Å². The fourth-order valence-corrected chi connectivity index (χ4v) is 5.88. The zero-order chi connectivity index (χ0) is 21.8. The molecule has 0 radical (unpaired) electrons. The van der Waals surface area contributed by atoms with Crippen molar-refractivity contribution in [3.63, 3.8) is 0 Å². The lowest BCUT2D eigenvalue weighted by molar-refractivity contribution is -0.135. The molecule has 2 aromatic carbocycles.